The van der Waals surface area contributed by atoms with E-state index in [0.717, 1.165) is 77.0 Å². The first-order valence-corrected chi connectivity index (χ1v) is 19.4. The van der Waals surface area contributed by atoms with Crippen molar-refractivity contribution in [2.45, 2.75) is 184 Å². The summed E-state index contributed by atoms with van der Waals surface area (Å²) in [5.74, 6) is 0.164. The summed E-state index contributed by atoms with van der Waals surface area (Å²) in [4.78, 5) is 25.0. The number of hydrogen-bond acceptors (Lipinski definition) is 5. The molecule has 0 unspecified atom stereocenters. The Hall–Kier alpha value is 0.220. The minimum atomic E-state index is -2.72. The summed E-state index contributed by atoms with van der Waals surface area (Å²) < 4.78 is 54.7. The minimum Gasteiger partial charge on any atom is -0.870 e. The van der Waals surface area contributed by atoms with Crippen LogP contribution in [0.4, 0.5) is 0 Å². The molecule has 50 heavy (non-hydrogen) atoms. The smallest absolute Gasteiger partial charge is 0.870 e. The summed E-state index contributed by atoms with van der Waals surface area (Å²) in [6, 6.07) is 0. The monoisotopic (exact) mass is 716 g/mol. The molecule has 0 spiro atoms. The Balaban J connectivity index is 0.000000281. The largest absolute Gasteiger partial charge is 1.00 e. The molecule has 8 saturated carbocycles. The molecule has 8 fully saturated rings. The summed E-state index contributed by atoms with van der Waals surface area (Å²) in [5, 5.41) is 20.3. The van der Waals surface area contributed by atoms with Gasteiger partial charge in [0.15, 0.2) is 0 Å². The van der Waals surface area contributed by atoms with Gasteiger partial charge in [-0.1, -0.05) is 42.5 Å². The van der Waals surface area contributed by atoms with E-state index in [0.29, 0.717) is 61.1 Å². The maximum atomic E-state index is 12.8. The second-order valence-corrected chi connectivity index (χ2v) is 18.8. The van der Waals surface area contributed by atoms with E-state index in [9.17, 15) is 19.8 Å². The van der Waals surface area contributed by atoms with Crippen LogP contribution in [0.5, 0.6) is 0 Å². The Morgan fingerprint density at radius 3 is 1.50 bits per heavy atom. The third kappa shape index (κ3) is 6.97. The Kier molecular flexibility index (Phi) is 11.2. The minimum absolute atomic E-state index is 0. The van der Waals surface area contributed by atoms with E-state index < -0.39 is 35.7 Å². The van der Waals surface area contributed by atoms with E-state index in [1.54, 1.807) is 6.92 Å². The molecule has 0 radical (unpaired) electrons. The molecule has 0 heterocycles. The van der Waals surface area contributed by atoms with Crippen LogP contribution < -0.4 is 29.6 Å². The van der Waals surface area contributed by atoms with Crippen LogP contribution in [0.1, 0.15) is 182 Å². The molecule has 0 saturated heterocycles. The molecule has 0 aromatic rings. The van der Waals surface area contributed by atoms with E-state index in [1.807, 2.05) is 6.92 Å². The molecule has 8 rings (SSSR count). The fraction of sp³-hybridized carbons (Fsp3) is 0.955. The van der Waals surface area contributed by atoms with E-state index >= 15 is 0 Å². The zero-order valence-corrected chi connectivity index (χ0v) is 33.0. The van der Waals surface area contributed by atoms with Crippen LogP contribution in [0.3, 0.4) is 0 Å². The van der Waals surface area contributed by atoms with E-state index in [4.69, 9.17) is 13.7 Å². The molecule has 6 heteroatoms. The van der Waals surface area contributed by atoms with Crippen LogP contribution in [-0.2, 0) is 9.59 Å². The average Bonchev–Trinajstić information content (AvgIpc) is 3.60. The predicted molar refractivity (Wildman–Crippen MR) is 199 cm³/mol. The van der Waals surface area contributed by atoms with Crippen LogP contribution in [-0.4, -0.2) is 39.5 Å². The topological polar surface area (TPSA) is 105 Å². The summed E-state index contributed by atoms with van der Waals surface area (Å²) in [5.41, 5.74) is 7.04. The molecule has 5 nitrogen and oxygen atoms in total. The number of Topliss-reactive ketones (excluding diaryl/α,β-unsaturated/α-hetero) is 2. The Bertz CT molecular complexity index is 1450. The molecule has 0 aromatic carbocycles. The van der Waals surface area contributed by atoms with Gasteiger partial charge in [0, 0.05) is 20.0 Å². The molecule has 8 aliphatic rings. The van der Waals surface area contributed by atoms with Gasteiger partial charge in [0.25, 0.3) is 0 Å². The fourth-order valence-corrected chi connectivity index (χ4v) is 14.7. The van der Waals surface area contributed by atoms with Crippen LogP contribution in [0, 0.1) is 80.8 Å². The van der Waals surface area contributed by atoms with Crippen molar-refractivity contribution in [1.82, 2.24) is 0 Å². The third-order valence-corrected chi connectivity index (χ3v) is 17.2. The normalized spacial score (nSPS) is 57.8. The number of ketones is 2. The van der Waals surface area contributed by atoms with Crippen LogP contribution in [0.15, 0.2) is 0 Å². The van der Waals surface area contributed by atoms with Gasteiger partial charge in [0.2, 0.25) is 0 Å². The van der Waals surface area contributed by atoms with Crippen LogP contribution in [0.25, 0.3) is 0 Å². The van der Waals surface area contributed by atoms with Gasteiger partial charge in [-0.25, -0.2) is 0 Å². The Labute approximate surface area is 339 Å². The van der Waals surface area contributed by atoms with Crippen molar-refractivity contribution >= 4 is 11.6 Å². The number of aliphatic hydroxyl groups excluding tert-OH is 2. The van der Waals surface area contributed by atoms with Gasteiger partial charge in [-0.05, 0) is 198 Å². The second-order valence-electron chi connectivity index (χ2n) is 18.8. The summed E-state index contributed by atoms with van der Waals surface area (Å²) in [6.07, 6.45) is 15.1. The van der Waals surface area contributed by atoms with Crippen molar-refractivity contribution in [2.75, 3.05) is 0 Å². The zero-order chi connectivity index (χ0) is 40.1. The number of fused-ring (bicyclic) bond motifs is 10. The molecular formula is C44H77NaO5. The fourth-order valence-electron chi connectivity index (χ4n) is 14.7. The third-order valence-electron chi connectivity index (χ3n) is 17.2. The molecule has 3 N–H and O–H groups in total. The van der Waals surface area contributed by atoms with Crippen molar-refractivity contribution < 1.29 is 64.5 Å². The van der Waals surface area contributed by atoms with Gasteiger partial charge in [0.05, 0.1) is 12.2 Å². The van der Waals surface area contributed by atoms with E-state index in [1.165, 1.54) is 12.8 Å². The Morgan fingerprint density at radius 2 is 1.02 bits per heavy atom. The first-order valence-electron chi connectivity index (χ1n) is 22.8. The molecular weight excluding hydrogens is 631 g/mol. The van der Waals surface area contributed by atoms with Gasteiger partial charge in [-0.15, -0.1) is 1.43 Å². The number of hydrogen-bond donors (Lipinski definition) is 2. The molecule has 0 aliphatic heterocycles. The van der Waals surface area contributed by atoms with Gasteiger partial charge in [0.1, 0.15) is 11.6 Å². The van der Waals surface area contributed by atoms with Crippen LogP contribution >= 0.6 is 0 Å². The summed E-state index contributed by atoms with van der Waals surface area (Å²) in [6.45, 7) is 8.06. The SMILES string of the molecule is C.C.[2H]C([2H])([2H])C(=O)[C@@]1([2H])CC[C@H]2[C@@H]3CC[C@]4([2H])C[C@H](O)CC[C@]4(C)[C@H]3CC[C@@]21C.[2H][C@]12CC[C@H]3[C@@H]4CC[C@H](C(C)=O)[C@@]4(C)CC[C@@H]3[C@@]1(C)CC[C@@H](O)C2.[2H][O-].[Na+]. The first kappa shape index (κ1) is 34.7. The standard InChI is InChI=1S/2C21H34O2.2CH4.Na.H2O/c2*1-13(22)17-6-7-18-16-5-4-14-12-15(23)8-10-20(14,2)19(16)9-11-21(17,18)3;;;;/h2*14-19,23H,4-12H2,1-3H3;2*1H4;;1H2/q;;;;+1;/p-1/t2*14-,15-,16+,17-,18+,19+,20+,21-;;;;/m11..../s1/i1D3,14D,17D;14D;;;;/hD. The average molecular weight is 716 g/mol. The van der Waals surface area contributed by atoms with Crippen molar-refractivity contribution in [3.05, 3.63) is 0 Å². The predicted octanol–water partition coefficient (Wildman–Crippen LogP) is 7.29. The maximum absolute atomic E-state index is 12.8. The molecule has 0 amide bonds. The van der Waals surface area contributed by atoms with Gasteiger partial charge < -0.3 is 15.7 Å². The summed E-state index contributed by atoms with van der Waals surface area (Å²) in [7, 11) is 0. The number of carbonyl (C=O) groups excluding carboxylic acids is 2. The quantitative estimate of drug-likeness (QED) is 0.293. The zero-order valence-electron chi connectivity index (χ0n) is 38.0. The molecule has 0 aromatic heterocycles. The molecule has 0 bridgehead atoms. The van der Waals surface area contributed by atoms with Crippen molar-refractivity contribution in [3.63, 3.8) is 0 Å². The number of aliphatic hydroxyl groups is 2. The van der Waals surface area contributed by atoms with Gasteiger partial charge in [-0.2, -0.15) is 0 Å². The molecule has 8 aliphatic carbocycles. The maximum Gasteiger partial charge on any atom is 1.00 e. The van der Waals surface area contributed by atoms with Crippen molar-refractivity contribution in [1.29, 1.82) is 0 Å². The Morgan fingerprint density at radius 1 is 0.600 bits per heavy atom. The van der Waals surface area contributed by atoms with Crippen molar-refractivity contribution in [3.8, 4) is 0 Å². The van der Waals surface area contributed by atoms with E-state index in [-0.39, 0.29) is 84.7 Å². The van der Waals surface area contributed by atoms with Crippen molar-refractivity contribution in [2.24, 2.45) is 80.8 Å². The van der Waals surface area contributed by atoms with E-state index in [2.05, 4.69) is 22.2 Å². The molecule has 16 atom stereocenters. The number of carbonyl (C=O) groups is 2. The second kappa shape index (κ2) is 16.1. The van der Waals surface area contributed by atoms with Gasteiger partial charge >= 0.3 is 29.6 Å². The van der Waals surface area contributed by atoms with Crippen LogP contribution in [0.2, 0.25) is 0 Å². The number of rotatable bonds is 2. The molecule has 284 valence electrons. The van der Waals surface area contributed by atoms with Gasteiger partial charge in [-0.3, -0.25) is 9.59 Å². The first-order chi connectivity index (χ1) is 25.0. The summed E-state index contributed by atoms with van der Waals surface area (Å²) >= 11 is 0.